The maximum atomic E-state index is 11.5. The van der Waals surface area contributed by atoms with Gasteiger partial charge in [-0.05, 0) is 44.3 Å². The lowest BCUT2D eigenvalue weighted by Crippen LogP contribution is -2.25. The Bertz CT molecular complexity index is 748. The number of carbonyl (C=O) groups excluding carboxylic acids is 1. The molecule has 0 aliphatic rings. The van der Waals surface area contributed by atoms with Gasteiger partial charge in [0.1, 0.15) is 0 Å². The molecular weight excluding hydrogens is 429 g/mol. The topological polar surface area (TPSA) is 81.5 Å². The quantitative estimate of drug-likeness (QED) is 0.556. The van der Waals surface area contributed by atoms with Gasteiger partial charge >= 0.3 is 6.16 Å². The van der Waals surface area contributed by atoms with E-state index in [9.17, 15) is 4.79 Å². The van der Waals surface area contributed by atoms with Crippen molar-refractivity contribution in [2.45, 2.75) is 26.8 Å². The van der Waals surface area contributed by atoms with Gasteiger partial charge in [0.05, 0.1) is 13.7 Å². The van der Waals surface area contributed by atoms with Crippen LogP contribution in [0, 0.1) is 0 Å². The predicted octanol–water partition coefficient (Wildman–Crippen LogP) is 4.63. The zero-order valence-electron chi connectivity index (χ0n) is 15.9. The Balaban J connectivity index is 0.00000392. The van der Waals surface area contributed by atoms with E-state index in [1.54, 1.807) is 18.2 Å². The van der Waals surface area contributed by atoms with Gasteiger partial charge in [0.2, 0.25) is 5.82 Å². The van der Waals surface area contributed by atoms with Crippen LogP contribution in [-0.2, 0) is 11.3 Å². The second-order valence-corrected chi connectivity index (χ2v) is 6.54. The van der Waals surface area contributed by atoms with Crippen LogP contribution >= 0.6 is 35.6 Å². The standard InChI is InChI=1S/C17H23Cl2N5O3.ClH/c1-4-23(5-2)7-6-8-24-21-15(16(22-24)27-17(25)26-3)20-14-10-12(18)9-13(19)11-14;/h9-11H,4-8H2,1-3H3,(H,20,21);1H. The molecule has 2 rings (SSSR count). The number of nitrogens with one attached hydrogen (secondary N) is 1. The number of ether oxygens (including phenoxy) is 2. The highest BCUT2D eigenvalue weighted by atomic mass is 35.5. The molecule has 0 spiro atoms. The van der Waals surface area contributed by atoms with Crippen LogP contribution in [0.5, 0.6) is 5.88 Å². The van der Waals surface area contributed by atoms with E-state index in [4.69, 9.17) is 27.9 Å². The van der Waals surface area contributed by atoms with E-state index in [0.717, 1.165) is 26.1 Å². The van der Waals surface area contributed by atoms with Crippen molar-refractivity contribution in [1.29, 1.82) is 0 Å². The van der Waals surface area contributed by atoms with Gasteiger partial charge in [-0.2, -0.15) is 4.80 Å². The molecule has 0 aliphatic carbocycles. The lowest BCUT2D eigenvalue weighted by molar-refractivity contribution is 0.119. The number of halogens is 3. The molecule has 0 amide bonds. The fourth-order valence-corrected chi connectivity index (χ4v) is 2.96. The number of hydrogen-bond acceptors (Lipinski definition) is 7. The van der Waals surface area contributed by atoms with E-state index >= 15 is 0 Å². The van der Waals surface area contributed by atoms with Crippen LogP contribution < -0.4 is 10.1 Å². The highest BCUT2D eigenvalue weighted by Gasteiger charge is 2.17. The number of nitrogens with zero attached hydrogens (tertiary/aromatic N) is 4. The van der Waals surface area contributed by atoms with Gasteiger partial charge in [0.15, 0.2) is 0 Å². The lowest BCUT2D eigenvalue weighted by Gasteiger charge is -2.17. The lowest BCUT2D eigenvalue weighted by atomic mass is 10.3. The van der Waals surface area contributed by atoms with Crippen molar-refractivity contribution in [3.63, 3.8) is 0 Å². The zero-order valence-corrected chi connectivity index (χ0v) is 18.3. The second-order valence-electron chi connectivity index (χ2n) is 5.67. The van der Waals surface area contributed by atoms with Crippen LogP contribution in [-0.4, -0.2) is 52.8 Å². The summed E-state index contributed by atoms with van der Waals surface area (Å²) in [5.74, 6) is 0.280. The first-order valence-corrected chi connectivity index (χ1v) is 9.37. The van der Waals surface area contributed by atoms with Crippen LogP contribution in [0.25, 0.3) is 0 Å². The maximum Gasteiger partial charge on any atom is 0.515 e. The fourth-order valence-electron chi connectivity index (χ4n) is 2.44. The van der Waals surface area contributed by atoms with Crippen LogP contribution in [0.1, 0.15) is 20.3 Å². The van der Waals surface area contributed by atoms with Crippen molar-refractivity contribution in [3.05, 3.63) is 28.2 Å². The van der Waals surface area contributed by atoms with E-state index in [1.165, 1.54) is 11.9 Å². The average molecular weight is 453 g/mol. The summed E-state index contributed by atoms with van der Waals surface area (Å²) in [7, 11) is 1.22. The van der Waals surface area contributed by atoms with Gasteiger partial charge in [-0.3, -0.25) is 0 Å². The monoisotopic (exact) mass is 451 g/mol. The Labute approximate surface area is 180 Å². The van der Waals surface area contributed by atoms with Crippen LogP contribution in [0.15, 0.2) is 18.2 Å². The third-order valence-corrected chi connectivity index (χ3v) is 4.26. The van der Waals surface area contributed by atoms with Crippen molar-refractivity contribution < 1.29 is 14.3 Å². The van der Waals surface area contributed by atoms with Crippen molar-refractivity contribution in [2.24, 2.45) is 0 Å². The third-order valence-electron chi connectivity index (χ3n) is 3.82. The molecule has 2 aromatic rings. The number of rotatable bonds is 9. The molecule has 0 unspecified atom stereocenters. The molecule has 0 saturated carbocycles. The van der Waals surface area contributed by atoms with Crippen molar-refractivity contribution in [2.75, 3.05) is 32.1 Å². The number of anilines is 2. The van der Waals surface area contributed by atoms with Gasteiger partial charge < -0.3 is 19.7 Å². The van der Waals surface area contributed by atoms with E-state index in [1.807, 2.05) is 0 Å². The van der Waals surface area contributed by atoms with Crippen LogP contribution in [0.3, 0.4) is 0 Å². The Morgan fingerprint density at radius 2 is 1.82 bits per heavy atom. The van der Waals surface area contributed by atoms with Crippen LogP contribution in [0.2, 0.25) is 10.0 Å². The van der Waals surface area contributed by atoms with Crippen molar-refractivity contribution in [3.8, 4) is 5.88 Å². The molecule has 28 heavy (non-hydrogen) atoms. The zero-order chi connectivity index (χ0) is 19.8. The highest BCUT2D eigenvalue weighted by Crippen LogP contribution is 2.28. The summed E-state index contributed by atoms with van der Waals surface area (Å²) in [6, 6.07) is 4.97. The first-order chi connectivity index (χ1) is 12.9. The molecule has 0 radical (unpaired) electrons. The Morgan fingerprint density at radius 3 is 2.39 bits per heavy atom. The molecule has 0 bridgehead atoms. The summed E-state index contributed by atoms with van der Waals surface area (Å²) in [5, 5.41) is 12.5. The SMILES string of the molecule is CCN(CC)CCCn1nc(Nc2cc(Cl)cc(Cl)c2)c(OC(=O)OC)n1.Cl. The molecule has 0 aliphatic heterocycles. The second kappa shape index (κ2) is 12.0. The number of aromatic nitrogens is 3. The molecule has 1 aromatic heterocycles. The van der Waals surface area contributed by atoms with Gasteiger partial charge in [0.25, 0.3) is 5.88 Å². The largest absolute Gasteiger partial charge is 0.515 e. The van der Waals surface area contributed by atoms with Crippen molar-refractivity contribution in [1.82, 2.24) is 19.9 Å². The molecule has 8 nitrogen and oxygen atoms in total. The number of methoxy groups -OCH3 is 1. The third kappa shape index (κ3) is 7.35. The summed E-state index contributed by atoms with van der Waals surface area (Å²) in [6.45, 7) is 7.72. The fraction of sp³-hybridized carbons (Fsp3) is 0.471. The normalized spacial score (nSPS) is 10.5. The number of carbonyl (C=O) groups is 1. The predicted molar refractivity (Wildman–Crippen MR) is 112 cm³/mol. The van der Waals surface area contributed by atoms with Crippen molar-refractivity contribution >= 4 is 53.3 Å². The molecule has 1 N–H and O–H groups in total. The van der Waals surface area contributed by atoms with Gasteiger partial charge in [0, 0.05) is 15.7 Å². The first-order valence-electron chi connectivity index (χ1n) is 8.61. The molecule has 0 saturated heterocycles. The molecule has 156 valence electrons. The van der Waals surface area contributed by atoms with E-state index in [0.29, 0.717) is 22.3 Å². The minimum atomic E-state index is -0.877. The van der Waals surface area contributed by atoms with Crippen LogP contribution in [0.4, 0.5) is 16.3 Å². The Kier molecular flexibility index (Phi) is 10.4. The molecule has 0 atom stereocenters. The summed E-state index contributed by atoms with van der Waals surface area (Å²) >= 11 is 12.0. The highest BCUT2D eigenvalue weighted by molar-refractivity contribution is 6.35. The maximum absolute atomic E-state index is 11.5. The minimum absolute atomic E-state index is 0. The van der Waals surface area contributed by atoms with E-state index in [2.05, 4.69) is 39.0 Å². The van der Waals surface area contributed by atoms with Gasteiger partial charge in [-0.1, -0.05) is 37.0 Å². The molecule has 1 aromatic carbocycles. The minimum Gasteiger partial charge on any atom is -0.437 e. The molecule has 1 heterocycles. The summed E-state index contributed by atoms with van der Waals surface area (Å²) in [4.78, 5) is 15.3. The van der Waals surface area contributed by atoms with Gasteiger partial charge in [-0.25, -0.2) is 4.79 Å². The smallest absolute Gasteiger partial charge is 0.437 e. The number of aryl methyl sites for hydroxylation is 1. The molecule has 0 fully saturated rings. The Morgan fingerprint density at radius 1 is 1.18 bits per heavy atom. The summed E-state index contributed by atoms with van der Waals surface area (Å²) in [6.07, 6.45) is -0.0198. The number of benzene rings is 1. The van der Waals surface area contributed by atoms with E-state index in [-0.39, 0.29) is 24.1 Å². The Hall–Kier alpha value is -1.74. The molecular formula is C17H24Cl3N5O3. The van der Waals surface area contributed by atoms with E-state index < -0.39 is 6.16 Å². The summed E-state index contributed by atoms with van der Waals surface area (Å²) in [5.41, 5.74) is 0.595. The number of hydrogen-bond donors (Lipinski definition) is 1. The first kappa shape index (κ1) is 24.3. The molecule has 11 heteroatoms. The summed E-state index contributed by atoms with van der Waals surface area (Å²) < 4.78 is 9.62. The van der Waals surface area contributed by atoms with Gasteiger partial charge in [-0.15, -0.1) is 22.6 Å². The average Bonchev–Trinajstić information content (AvgIpc) is 2.99.